The van der Waals surface area contributed by atoms with Gasteiger partial charge in [0.25, 0.3) is 6.43 Å². The highest BCUT2D eigenvalue weighted by atomic mass is 19.3. The lowest BCUT2D eigenvalue weighted by molar-refractivity contribution is 0.151. The summed E-state index contributed by atoms with van der Waals surface area (Å²) in [6.45, 7) is 3.84. The standard InChI is InChI=1S/C13H17F2N/c1-2-8-16-9-4-6-11-5-3-7-12(10-11)13(14)15/h3-7,10,13,16H,2,8-9H2,1H3/b6-4+. The third-order valence-electron chi connectivity index (χ3n) is 2.16. The summed E-state index contributed by atoms with van der Waals surface area (Å²) >= 11 is 0. The van der Waals surface area contributed by atoms with Crippen LogP contribution in [0.5, 0.6) is 0 Å². The number of halogens is 2. The molecule has 1 nitrogen and oxygen atoms in total. The second kappa shape index (κ2) is 7.12. The smallest absolute Gasteiger partial charge is 0.263 e. The Balaban J connectivity index is 2.50. The van der Waals surface area contributed by atoms with E-state index in [1.807, 2.05) is 18.2 Å². The molecule has 1 rings (SSSR count). The first-order valence-electron chi connectivity index (χ1n) is 5.49. The van der Waals surface area contributed by atoms with Gasteiger partial charge >= 0.3 is 0 Å². The fourth-order valence-corrected chi connectivity index (χ4v) is 1.36. The third kappa shape index (κ3) is 4.53. The van der Waals surface area contributed by atoms with Crippen LogP contribution in [0.3, 0.4) is 0 Å². The molecule has 16 heavy (non-hydrogen) atoms. The quantitative estimate of drug-likeness (QED) is 0.729. The predicted molar refractivity (Wildman–Crippen MR) is 63.6 cm³/mol. The minimum absolute atomic E-state index is 0.0728. The highest BCUT2D eigenvalue weighted by molar-refractivity contribution is 5.50. The summed E-state index contributed by atoms with van der Waals surface area (Å²) in [5.41, 5.74) is 0.889. The zero-order chi connectivity index (χ0) is 11.8. The molecule has 0 radical (unpaired) electrons. The lowest BCUT2D eigenvalue weighted by Gasteiger charge is -2.01. The Labute approximate surface area is 95.2 Å². The Morgan fingerprint density at radius 1 is 1.38 bits per heavy atom. The third-order valence-corrected chi connectivity index (χ3v) is 2.16. The Hall–Kier alpha value is -1.22. The molecule has 0 spiro atoms. The van der Waals surface area contributed by atoms with Crippen LogP contribution in [0.2, 0.25) is 0 Å². The zero-order valence-electron chi connectivity index (χ0n) is 9.42. The number of benzene rings is 1. The summed E-state index contributed by atoms with van der Waals surface area (Å²) in [6, 6.07) is 6.43. The monoisotopic (exact) mass is 225 g/mol. The Morgan fingerprint density at radius 3 is 2.88 bits per heavy atom. The highest BCUT2D eigenvalue weighted by Gasteiger charge is 2.05. The van der Waals surface area contributed by atoms with Crippen molar-refractivity contribution >= 4 is 6.08 Å². The van der Waals surface area contributed by atoms with Crippen molar-refractivity contribution in [3.05, 3.63) is 41.5 Å². The van der Waals surface area contributed by atoms with E-state index in [2.05, 4.69) is 12.2 Å². The van der Waals surface area contributed by atoms with Gasteiger partial charge in [0.2, 0.25) is 0 Å². The molecule has 0 fully saturated rings. The normalized spacial score (nSPS) is 11.5. The van der Waals surface area contributed by atoms with Gasteiger partial charge in [-0.15, -0.1) is 0 Å². The van der Waals surface area contributed by atoms with Crippen LogP contribution < -0.4 is 5.32 Å². The highest BCUT2D eigenvalue weighted by Crippen LogP contribution is 2.19. The fourth-order valence-electron chi connectivity index (χ4n) is 1.36. The number of alkyl halides is 2. The summed E-state index contributed by atoms with van der Waals surface area (Å²) in [4.78, 5) is 0. The van der Waals surface area contributed by atoms with Gasteiger partial charge in [0, 0.05) is 12.1 Å². The van der Waals surface area contributed by atoms with Crippen molar-refractivity contribution < 1.29 is 8.78 Å². The molecule has 0 saturated carbocycles. The molecule has 0 aromatic heterocycles. The van der Waals surface area contributed by atoms with Crippen molar-refractivity contribution in [1.82, 2.24) is 5.32 Å². The number of rotatable bonds is 6. The molecule has 0 bridgehead atoms. The molecule has 0 amide bonds. The molecular weight excluding hydrogens is 208 g/mol. The van der Waals surface area contributed by atoms with Crippen molar-refractivity contribution in [3.63, 3.8) is 0 Å². The fraction of sp³-hybridized carbons (Fsp3) is 0.385. The van der Waals surface area contributed by atoms with Crippen molar-refractivity contribution in [2.24, 2.45) is 0 Å². The van der Waals surface area contributed by atoms with Crippen molar-refractivity contribution in [2.45, 2.75) is 19.8 Å². The first-order chi connectivity index (χ1) is 7.74. The minimum Gasteiger partial charge on any atom is -0.313 e. The lowest BCUT2D eigenvalue weighted by atomic mass is 10.1. The van der Waals surface area contributed by atoms with Gasteiger partial charge < -0.3 is 5.32 Å². The predicted octanol–water partition coefficient (Wildman–Crippen LogP) is 3.64. The molecule has 0 aliphatic rings. The van der Waals surface area contributed by atoms with E-state index in [0.29, 0.717) is 0 Å². The van der Waals surface area contributed by atoms with Gasteiger partial charge in [0.15, 0.2) is 0 Å². The van der Waals surface area contributed by atoms with Gasteiger partial charge in [-0.25, -0.2) is 8.78 Å². The average Bonchev–Trinajstić information content (AvgIpc) is 2.29. The maximum Gasteiger partial charge on any atom is 0.263 e. The van der Waals surface area contributed by atoms with E-state index in [1.165, 1.54) is 12.1 Å². The van der Waals surface area contributed by atoms with Crippen LogP contribution in [0, 0.1) is 0 Å². The van der Waals surface area contributed by atoms with E-state index in [0.717, 1.165) is 25.1 Å². The van der Waals surface area contributed by atoms with Gasteiger partial charge in [-0.1, -0.05) is 37.3 Å². The molecule has 0 unspecified atom stereocenters. The van der Waals surface area contributed by atoms with Crippen molar-refractivity contribution in [3.8, 4) is 0 Å². The van der Waals surface area contributed by atoms with Crippen molar-refractivity contribution in [1.29, 1.82) is 0 Å². The van der Waals surface area contributed by atoms with E-state index in [4.69, 9.17) is 0 Å². The van der Waals surface area contributed by atoms with Gasteiger partial charge in [0.1, 0.15) is 0 Å². The summed E-state index contributed by atoms with van der Waals surface area (Å²) in [5.74, 6) is 0. The average molecular weight is 225 g/mol. The van der Waals surface area contributed by atoms with Crippen LogP contribution in [-0.4, -0.2) is 13.1 Å². The van der Waals surface area contributed by atoms with E-state index >= 15 is 0 Å². The summed E-state index contributed by atoms with van der Waals surface area (Å²) in [7, 11) is 0. The lowest BCUT2D eigenvalue weighted by Crippen LogP contribution is -2.13. The van der Waals surface area contributed by atoms with Gasteiger partial charge in [-0.2, -0.15) is 0 Å². The topological polar surface area (TPSA) is 12.0 Å². The molecule has 3 heteroatoms. The Kier molecular flexibility index (Phi) is 5.72. The summed E-state index contributed by atoms with van der Waals surface area (Å²) in [6.07, 6.45) is 2.50. The molecule has 0 atom stereocenters. The van der Waals surface area contributed by atoms with E-state index in [9.17, 15) is 8.78 Å². The molecule has 0 saturated heterocycles. The first kappa shape index (κ1) is 12.8. The maximum atomic E-state index is 12.4. The molecule has 1 aromatic carbocycles. The number of nitrogens with one attached hydrogen (secondary N) is 1. The Morgan fingerprint density at radius 2 is 2.19 bits per heavy atom. The van der Waals surface area contributed by atoms with E-state index in [-0.39, 0.29) is 5.56 Å². The van der Waals surface area contributed by atoms with Gasteiger partial charge in [-0.3, -0.25) is 0 Å². The van der Waals surface area contributed by atoms with Crippen LogP contribution in [-0.2, 0) is 0 Å². The van der Waals surface area contributed by atoms with Gasteiger partial charge in [0.05, 0.1) is 0 Å². The van der Waals surface area contributed by atoms with Crippen molar-refractivity contribution in [2.75, 3.05) is 13.1 Å². The minimum atomic E-state index is -2.40. The molecule has 1 N–H and O–H groups in total. The van der Waals surface area contributed by atoms with Gasteiger partial charge in [-0.05, 0) is 24.6 Å². The van der Waals surface area contributed by atoms with Crippen LogP contribution in [0.4, 0.5) is 8.78 Å². The summed E-state index contributed by atoms with van der Waals surface area (Å²) < 4.78 is 24.8. The SMILES string of the molecule is CCCNC/C=C/c1cccc(C(F)F)c1. The van der Waals surface area contributed by atoms with Crippen LogP contribution in [0.25, 0.3) is 6.08 Å². The zero-order valence-corrected chi connectivity index (χ0v) is 9.42. The molecular formula is C13H17F2N. The molecule has 0 aliphatic carbocycles. The largest absolute Gasteiger partial charge is 0.313 e. The maximum absolute atomic E-state index is 12.4. The molecule has 88 valence electrons. The van der Waals surface area contributed by atoms with Crippen LogP contribution in [0.15, 0.2) is 30.3 Å². The van der Waals surface area contributed by atoms with Crippen LogP contribution >= 0.6 is 0 Å². The van der Waals surface area contributed by atoms with E-state index < -0.39 is 6.43 Å². The van der Waals surface area contributed by atoms with Crippen LogP contribution in [0.1, 0.15) is 30.9 Å². The molecule has 1 aromatic rings. The number of hydrogen-bond donors (Lipinski definition) is 1. The molecule has 0 heterocycles. The molecule has 0 aliphatic heterocycles. The Bertz CT molecular complexity index is 334. The number of hydrogen-bond acceptors (Lipinski definition) is 1. The second-order valence-electron chi connectivity index (χ2n) is 3.58. The van der Waals surface area contributed by atoms with E-state index in [1.54, 1.807) is 6.07 Å². The first-order valence-corrected chi connectivity index (χ1v) is 5.49. The summed E-state index contributed by atoms with van der Waals surface area (Å²) in [5, 5.41) is 3.21. The second-order valence-corrected chi connectivity index (χ2v) is 3.58.